The second kappa shape index (κ2) is 3.52. The summed E-state index contributed by atoms with van der Waals surface area (Å²) in [6.45, 7) is 1.06. The lowest BCUT2D eigenvalue weighted by Gasteiger charge is -2.05. The molecular weight excluding hydrogens is 162 g/mol. The zero-order valence-corrected chi connectivity index (χ0v) is 7.71. The maximum atomic E-state index is 5.09. The molecule has 1 heterocycles. The molecule has 0 atom stereocenters. The molecule has 0 radical (unpaired) electrons. The van der Waals surface area contributed by atoms with Gasteiger partial charge >= 0.3 is 0 Å². The first kappa shape index (κ1) is 8.17. The molecule has 2 rings (SSSR count). The van der Waals surface area contributed by atoms with Crippen molar-refractivity contribution in [1.82, 2.24) is 5.32 Å². The summed E-state index contributed by atoms with van der Waals surface area (Å²) in [6, 6.07) is 8.11. The summed E-state index contributed by atoms with van der Waals surface area (Å²) in [7, 11) is 1.68. The Balaban J connectivity index is 2.22. The highest BCUT2D eigenvalue weighted by atomic mass is 16.5. The van der Waals surface area contributed by atoms with Crippen LogP contribution in [0.2, 0.25) is 0 Å². The third-order valence-corrected chi connectivity index (χ3v) is 2.21. The zero-order chi connectivity index (χ0) is 9.10. The number of hydrogen-bond acceptors (Lipinski definition) is 2. The Morgan fingerprint density at radius 3 is 2.54 bits per heavy atom. The van der Waals surface area contributed by atoms with Gasteiger partial charge in [-0.3, -0.25) is 0 Å². The van der Waals surface area contributed by atoms with Crippen molar-refractivity contribution in [2.45, 2.75) is 6.42 Å². The standard InChI is InChI=1S/C11H13NO/c1-13-10-6-4-9(5-7-10)11-3-2-8-12-11/h3-7,12H,2,8H2,1H3. The predicted molar refractivity (Wildman–Crippen MR) is 53.6 cm³/mol. The average Bonchev–Trinajstić information content (AvgIpc) is 2.71. The summed E-state index contributed by atoms with van der Waals surface area (Å²) >= 11 is 0. The Kier molecular flexibility index (Phi) is 2.21. The zero-order valence-electron chi connectivity index (χ0n) is 7.71. The Bertz CT molecular complexity index is 313. The second-order valence-corrected chi connectivity index (χ2v) is 3.06. The SMILES string of the molecule is COc1ccc(C2=CCCN2)cc1. The molecule has 1 aliphatic heterocycles. The van der Waals surface area contributed by atoms with Crippen molar-refractivity contribution in [2.75, 3.05) is 13.7 Å². The van der Waals surface area contributed by atoms with Crippen molar-refractivity contribution in [1.29, 1.82) is 0 Å². The van der Waals surface area contributed by atoms with Gasteiger partial charge in [0.15, 0.2) is 0 Å². The topological polar surface area (TPSA) is 21.3 Å². The summed E-state index contributed by atoms with van der Waals surface area (Å²) in [5.74, 6) is 0.905. The molecule has 0 spiro atoms. The summed E-state index contributed by atoms with van der Waals surface area (Å²) < 4.78 is 5.09. The van der Waals surface area contributed by atoms with Gasteiger partial charge in [0.2, 0.25) is 0 Å². The van der Waals surface area contributed by atoms with Gasteiger partial charge in [0.25, 0.3) is 0 Å². The highest BCUT2D eigenvalue weighted by Crippen LogP contribution is 2.19. The van der Waals surface area contributed by atoms with Crippen LogP contribution in [0.15, 0.2) is 30.3 Å². The Hall–Kier alpha value is -1.44. The van der Waals surface area contributed by atoms with Gasteiger partial charge in [-0.15, -0.1) is 0 Å². The highest BCUT2D eigenvalue weighted by Gasteiger charge is 2.04. The van der Waals surface area contributed by atoms with Gasteiger partial charge in [-0.1, -0.05) is 6.08 Å². The van der Waals surface area contributed by atoms with Crippen molar-refractivity contribution in [2.24, 2.45) is 0 Å². The third-order valence-electron chi connectivity index (χ3n) is 2.21. The number of nitrogens with one attached hydrogen (secondary N) is 1. The number of rotatable bonds is 2. The fourth-order valence-electron chi connectivity index (χ4n) is 1.49. The Morgan fingerprint density at radius 2 is 2.00 bits per heavy atom. The van der Waals surface area contributed by atoms with E-state index >= 15 is 0 Å². The van der Waals surface area contributed by atoms with E-state index in [1.165, 1.54) is 11.3 Å². The molecule has 1 aliphatic rings. The fraction of sp³-hybridized carbons (Fsp3) is 0.273. The molecule has 0 amide bonds. The molecule has 1 aromatic carbocycles. The minimum atomic E-state index is 0.905. The molecule has 1 N–H and O–H groups in total. The van der Waals surface area contributed by atoms with Crippen molar-refractivity contribution in [3.05, 3.63) is 35.9 Å². The van der Waals surface area contributed by atoms with Gasteiger partial charge in [0.1, 0.15) is 5.75 Å². The van der Waals surface area contributed by atoms with Crippen molar-refractivity contribution in [3.8, 4) is 5.75 Å². The molecule has 0 aliphatic carbocycles. The van der Waals surface area contributed by atoms with Crippen LogP contribution in [0.5, 0.6) is 5.75 Å². The molecule has 13 heavy (non-hydrogen) atoms. The second-order valence-electron chi connectivity index (χ2n) is 3.06. The van der Waals surface area contributed by atoms with Crippen LogP contribution < -0.4 is 10.1 Å². The fourth-order valence-corrected chi connectivity index (χ4v) is 1.49. The van der Waals surface area contributed by atoms with Crippen molar-refractivity contribution in [3.63, 3.8) is 0 Å². The van der Waals surface area contributed by atoms with Crippen LogP contribution >= 0.6 is 0 Å². The van der Waals surface area contributed by atoms with Crippen LogP contribution in [0.4, 0.5) is 0 Å². The van der Waals surface area contributed by atoms with Crippen LogP contribution in [0, 0.1) is 0 Å². The normalized spacial score (nSPS) is 15.0. The number of methoxy groups -OCH3 is 1. The monoisotopic (exact) mass is 175 g/mol. The molecule has 2 heteroatoms. The quantitative estimate of drug-likeness (QED) is 0.742. The van der Waals surface area contributed by atoms with E-state index in [0.29, 0.717) is 0 Å². The van der Waals surface area contributed by atoms with Crippen LogP contribution in [-0.2, 0) is 0 Å². The molecule has 0 unspecified atom stereocenters. The highest BCUT2D eigenvalue weighted by molar-refractivity contribution is 5.65. The van der Waals surface area contributed by atoms with Gasteiger partial charge in [0, 0.05) is 12.2 Å². The average molecular weight is 175 g/mol. The van der Waals surface area contributed by atoms with Gasteiger partial charge in [-0.05, 0) is 36.2 Å². The maximum Gasteiger partial charge on any atom is 0.118 e. The lowest BCUT2D eigenvalue weighted by atomic mass is 10.1. The van der Waals surface area contributed by atoms with Crippen molar-refractivity contribution < 1.29 is 4.74 Å². The van der Waals surface area contributed by atoms with E-state index in [-0.39, 0.29) is 0 Å². The summed E-state index contributed by atoms with van der Waals surface area (Å²) in [4.78, 5) is 0. The molecular formula is C11H13NO. The lowest BCUT2D eigenvalue weighted by Crippen LogP contribution is -2.05. The molecule has 0 bridgehead atoms. The molecule has 1 aromatic rings. The number of hydrogen-bond donors (Lipinski definition) is 1. The molecule has 0 fully saturated rings. The minimum absolute atomic E-state index is 0.905. The van der Waals surface area contributed by atoms with Gasteiger partial charge in [-0.2, -0.15) is 0 Å². The van der Waals surface area contributed by atoms with E-state index in [2.05, 4.69) is 23.5 Å². The van der Waals surface area contributed by atoms with Gasteiger partial charge in [-0.25, -0.2) is 0 Å². The largest absolute Gasteiger partial charge is 0.497 e. The molecule has 2 nitrogen and oxygen atoms in total. The maximum absolute atomic E-state index is 5.09. The van der Waals surface area contributed by atoms with Crippen LogP contribution in [0.3, 0.4) is 0 Å². The molecule has 68 valence electrons. The van der Waals surface area contributed by atoms with Crippen LogP contribution in [-0.4, -0.2) is 13.7 Å². The first-order chi connectivity index (χ1) is 6.40. The number of ether oxygens (including phenoxy) is 1. The summed E-state index contributed by atoms with van der Waals surface area (Å²) in [5.41, 5.74) is 2.47. The van der Waals surface area contributed by atoms with Crippen molar-refractivity contribution >= 4 is 5.70 Å². The van der Waals surface area contributed by atoms with E-state index < -0.39 is 0 Å². The molecule has 0 aromatic heterocycles. The predicted octanol–water partition coefficient (Wildman–Crippen LogP) is 2.03. The van der Waals surface area contributed by atoms with E-state index in [1.807, 2.05) is 12.1 Å². The summed E-state index contributed by atoms with van der Waals surface area (Å²) in [5, 5.41) is 3.33. The van der Waals surface area contributed by atoms with E-state index in [4.69, 9.17) is 4.74 Å². The molecule has 0 saturated carbocycles. The van der Waals surface area contributed by atoms with Gasteiger partial charge in [0.05, 0.1) is 7.11 Å². The third kappa shape index (κ3) is 1.66. The minimum Gasteiger partial charge on any atom is -0.497 e. The van der Waals surface area contributed by atoms with Gasteiger partial charge < -0.3 is 10.1 Å². The lowest BCUT2D eigenvalue weighted by molar-refractivity contribution is 0.415. The summed E-state index contributed by atoms with van der Waals surface area (Å²) in [6.07, 6.45) is 3.35. The Morgan fingerprint density at radius 1 is 1.23 bits per heavy atom. The number of benzene rings is 1. The van der Waals surface area contributed by atoms with E-state index in [1.54, 1.807) is 7.11 Å². The molecule has 0 saturated heterocycles. The van der Waals surface area contributed by atoms with E-state index in [0.717, 1.165) is 18.7 Å². The van der Waals surface area contributed by atoms with E-state index in [9.17, 15) is 0 Å². The first-order valence-corrected chi connectivity index (χ1v) is 4.48. The van der Waals surface area contributed by atoms with Crippen LogP contribution in [0.25, 0.3) is 5.70 Å². The smallest absolute Gasteiger partial charge is 0.118 e. The van der Waals surface area contributed by atoms with Crippen LogP contribution in [0.1, 0.15) is 12.0 Å². The Labute approximate surface area is 78.2 Å². The first-order valence-electron chi connectivity index (χ1n) is 4.48.